The van der Waals surface area contributed by atoms with E-state index in [1.54, 1.807) is 12.1 Å². The number of nitrogen functional groups attached to an aromatic ring is 1. The number of carbonyl (C=O) groups excluding carboxylic acids is 1. The van der Waals surface area contributed by atoms with E-state index in [2.05, 4.69) is 20.5 Å². The minimum Gasteiger partial charge on any atom is -0.397 e. The van der Waals surface area contributed by atoms with Crippen LogP contribution in [0.2, 0.25) is 0 Å². The van der Waals surface area contributed by atoms with Gasteiger partial charge < -0.3 is 11.1 Å². The summed E-state index contributed by atoms with van der Waals surface area (Å²) in [6.07, 6.45) is 1.40. The molecule has 0 unspecified atom stereocenters. The average Bonchev–Trinajstić information content (AvgIpc) is 2.82. The summed E-state index contributed by atoms with van der Waals surface area (Å²) < 4.78 is 0. The molecule has 1 heterocycles. The summed E-state index contributed by atoms with van der Waals surface area (Å²) in [7, 11) is 0. The number of aromatic amines is 1. The van der Waals surface area contributed by atoms with Gasteiger partial charge in [0.05, 0.1) is 17.1 Å². The Morgan fingerprint density at radius 1 is 1.47 bits per heavy atom. The van der Waals surface area contributed by atoms with Crippen LogP contribution in [0.3, 0.4) is 0 Å². The molecule has 0 radical (unpaired) electrons. The molecular weight excluding hydrogens is 238 g/mol. The summed E-state index contributed by atoms with van der Waals surface area (Å²) in [6, 6.07) is 7.12. The van der Waals surface area contributed by atoms with Crippen molar-refractivity contribution in [3.8, 4) is 0 Å². The quantitative estimate of drug-likeness (QED) is 0.557. The topological polar surface area (TPSA) is 96.7 Å². The molecule has 6 nitrogen and oxygen atoms in total. The van der Waals surface area contributed by atoms with Gasteiger partial charge in [-0.15, -0.1) is 0 Å². The molecule has 0 saturated heterocycles. The van der Waals surface area contributed by atoms with Gasteiger partial charge in [0, 0.05) is 0 Å². The molecule has 2 rings (SSSR count). The second-order valence-corrected chi connectivity index (χ2v) is 4.18. The Hall–Kier alpha value is -2.02. The van der Waals surface area contributed by atoms with Gasteiger partial charge in [-0.1, -0.05) is 23.9 Å². The van der Waals surface area contributed by atoms with Crippen molar-refractivity contribution in [1.29, 1.82) is 0 Å². The minimum atomic E-state index is -0.135. The molecule has 4 N–H and O–H groups in total. The molecule has 0 saturated carbocycles. The molecule has 1 aromatic heterocycles. The van der Waals surface area contributed by atoms with Crippen molar-refractivity contribution in [2.45, 2.75) is 5.16 Å². The van der Waals surface area contributed by atoms with Crippen molar-refractivity contribution in [2.75, 3.05) is 16.8 Å². The van der Waals surface area contributed by atoms with E-state index < -0.39 is 0 Å². The molecule has 17 heavy (non-hydrogen) atoms. The maximum absolute atomic E-state index is 11.6. The van der Waals surface area contributed by atoms with Crippen LogP contribution in [0.1, 0.15) is 0 Å². The fourth-order valence-corrected chi connectivity index (χ4v) is 1.77. The number of thioether (sulfide) groups is 1. The SMILES string of the molecule is Nc1ccccc1NC(=O)CSc1ncn[nH]1. The van der Waals surface area contributed by atoms with E-state index in [0.29, 0.717) is 16.5 Å². The van der Waals surface area contributed by atoms with Crippen molar-refractivity contribution in [3.63, 3.8) is 0 Å². The number of H-pyrrole nitrogens is 1. The summed E-state index contributed by atoms with van der Waals surface area (Å²) >= 11 is 1.28. The van der Waals surface area contributed by atoms with Crippen LogP contribution in [0, 0.1) is 0 Å². The van der Waals surface area contributed by atoms with E-state index >= 15 is 0 Å². The number of para-hydroxylation sites is 2. The highest BCUT2D eigenvalue weighted by Crippen LogP contribution is 2.17. The molecular formula is C10H11N5OS. The van der Waals surface area contributed by atoms with Gasteiger partial charge in [0.2, 0.25) is 5.91 Å². The first-order valence-electron chi connectivity index (χ1n) is 4.88. The third kappa shape index (κ3) is 3.22. The van der Waals surface area contributed by atoms with Gasteiger partial charge in [-0.05, 0) is 12.1 Å². The number of benzene rings is 1. The predicted octanol–water partition coefficient (Wildman–Crippen LogP) is 1.12. The molecule has 1 amide bonds. The Morgan fingerprint density at radius 3 is 3.00 bits per heavy atom. The number of nitrogens with zero attached hydrogens (tertiary/aromatic N) is 2. The average molecular weight is 249 g/mol. The van der Waals surface area contributed by atoms with Gasteiger partial charge in [0.15, 0.2) is 5.16 Å². The fraction of sp³-hybridized carbons (Fsp3) is 0.100. The smallest absolute Gasteiger partial charge is 0.234 e. The molecule has 1 aromatic carbocycles. The lowest BCUT2D eigenvalue weighted by atomic mass is 10.3. The number of rotatable bonds is 4. The van der Waals surface area contributed by atoms with Gasteiger partial charge in [-0.2, -0.15) is 5.10 Å². The van der Waals surface area contributed by atoms with Crippen molar-refractivity contribution in [3.05, 3.63) is 30.6 Å². The van der Waals surface area contributed by atoms with Crippen LogP contribution in [0.5, 0.6) is 0 Å². The minimum absolute atomic E-state index is 0.135. The molecule has 0 spiro atoms. The highest BCUT2D eigenvalue weighted by molar-refractivity contribution is 7.99. The normalized spacial score (nSPS) is 10.1. The first kappa shape index (κ1) is 11.5. The molecule has 0 aliphatic rings. The number of hydrogen-bond acceptors (Lipinski definition) is 5. The third-order valence-electron chi connectivity index (χ3n) is 1.97. The Bertz CT molecular complexity index is 499. The Morgan fingerprint density at radius 2 is 2.29 bits per heavy atom. The number of nitrogens with one attached hydrogen (secondary N) is 2. The van der Waals surface area contributed by atoms with E-state index in [9.17, 15) is 4.79 Å². The molecule has 2 aromatic rings. The lowest BCUT2D eigenvalue weighted by molar-refractivity contribution is -0.113. The van der Waals surface area contributed by atoms with E-state index in [4.69, 9.17) is 5.73 Å². The lowest BCUT2D eigenvalue weighted by Crippen LogP contribution is -2.15. The van der Waals surface area contributed by atoms with Crippen molar-refractivity contribution < 1.29 is 4.79 Å². The van der Waals surface area contributed by atoms with Crippen LogP contribution < -0.4 is 11.1 Å². The van der Waals surface area contributed by atoms with Crippen LogP contribution in [-0.4, -0.2) is 26.8 Å². The molecule has 0 fully saturated rings. The Kier molecular flexibility index (Phi) is 3.61. The molecule has 0 atom stereocenters. The predicted molar refractivity (Wildman–Crippen MR) is 66.6 cm³/mol. The lowest BCUT2D eigenvalue weighted by Gasteiger charge is -2.06. The van der Waals surface area contributed by atoms with Gasteiger partial charge >= 0.3 is 0 Å². The zero-order chi connectivity index (χ0) is 12.1. The van der Waals surface area contributed by atoms with E-state index in [0.717, 1.165) is 0 Å². The van der Waals surface area contributed by atoms with Crippen LogP contribution in [0.25, 0.3) is 0 Å². The van der Waals surface area contributed by atoms with Crippen LogP contribution in [0.15, 0.2) is 35.7 Å². The number of amides is 1. The molecule has 88 valence electrons. The fourth-order valence-electron chi connectivity index (χ4n) is 1.19. The maximum Gasteiger partial charge on any atom is 0.234 e. The van der Waals surface area contributed by atoms with Crippen molar-refractivity contribution >= 4 is 29.0 Å². The Labute approximate surface area is 102 Å². The number of nitrogens with two attached hydrogens (primary N) is 1. The largest absolute Gasteiger partial charge is 0.397 e. The number of hydrogen-bond donors (Lipinski definition) is 3. The highest BCUT2D eigenvalue weighted by atomic mass is 32.2. The number of aromatic nitrogens is 3. The van der Waals surface area contributed by atoms with Gasteiger partial charge in [0.1, 0.15) is 6.33 Å². The first-order valence-corrected chi connectivity index (χ1v) is 5.87. The summed E-state index contributed by atoms with van der Waals surface area (Å²) in [5.74, 6) is 0.119. The van der Waals surface area contributed by atoms with E-state index in [-0.39, 0.29) is 11.7 Å². The van der Waals surface area contributed by atoms with Crippen LogP contribution in [-0.2, 0) is 4.79 Å². The molecule has 0 bridgehead atoms. The van der Waals surface area contributed by atoms with Gasteiger partial charge in [-0.25, -0.2) is 4.98 Å². The number of anilines is 2. The maximum atomic E-state index is 11.6. The standard InChI is InChI=1S/C10H11N5OS/c11-7-3-1-2-4-8(7)14-9(16)5-17-10-12-6-13-15-10/h1-4,6H,5,11H2,(H,14,16)(H,12,13,15). The highest BCUT2D eigenvalue weighted by Gasteiger charge is 2.06. The van der Waals surface area contributed by atoms with Crippen molar-refractivity contribution in [1.82, 2.24) is 15.2 Å². The molecule has 0 aliphatic heterocycles. The van der Waals surface area contributed by atoms with Crippen LogP contribution in [0.4, 0.5) is 11.4 Å². The van der Waals surface area contributed by atoms with Gasteiger partial charge in [0.25, 0.3) is 0 Å². The van der Waals surface area contributed by atoms with Crippen molar-refractivity contribution in [2.24, 2.45) is 0 Å². The monoisotopic (exact) mass is 249 g/mol. The summed E-state index contributed by atoms with van der Waals surface area (Å²) in [6.45, 7) is 0. The molecule has 7 heteroatoms. The zero-order valence-corrected chi connectivity index (χ0v) is 9.70. The third-order valence-corrected chi connectivity index (χ3v) is 2.84. The summed E-state index contributed by atoms with van der Waals surface area (Å²) in [4.78, 5) is 15.5. The van der Waals surface area contributed by atoms with E-state index in [1.165, 1.54) is 18.1 Å². The first-order chi connectivity index (χ1) is 8.25. The summed E-state index contributed by atoms with van der Waals surface area (Å²) in [5.41, 5.74) is 6.88. The van der Waals surface area contributed by atoms with Crippen LogP contribution >= 0.6 is 11.8 Å². The van der Waals surface area contributed by atoms with E-state index in [1.807, 2.05) is 12.1 Å². The Balaban J connectivity index is 1.87. The number of carbonyl (C=O) groups is 1. The summed E-state index contributed by atoms with van der Waals surface area (Å²) in [5, 5.41) is 9.69. The van der Waals surface area contributed by atoms with Gasteiger partial charge in [-0.3, -0.25) is 9.89 Å². The zero-order valence-electron chi connectivity index (χ0n) is 8.88. The molecule has 0 aliphatic carbocycles. The second-order valence-electron chi connectivity index (χ2n) is 3.21. The second kappa shape index (κ2) is 5.35.